The van der Waals surface area contributed by atoms with Crippen molar-refractivity contribution in [1.29, 1.82) is 0 Å². The minimum atomic E-state index is -0.317. The zero-order valence-electron chi connectivity index (χ0n) is 11.2. The molecule has 98 valence electrons. The van der Waals surface area contributed by atoms with Crippen LogP contribution in [0.4, 0.5) is 0 Å². The van der Waals surface area contributed by atoms with Crippen molar-refractivity contribution in [1.82, 2.24) is 10.2 Å². The molecule has 0 spiro atoms. The number of carbonyl (C=O) groups excluding carboxylic acids is 2. The normalized spacial score (nSPS) is 18.2. The van der Waals surface area contributed by atoms with Gasteiger partial charge in [0.25, 0.3) is 0 Å². The molecule has 1 aliphatic rings. The molecule has 0 fully saturated rings. The summed E-state index contributed by atoms with van der Waals surface area (Å²) in [7, 11) is 0. The average molecular weight is 248 g/mol. The van der Waals surface area contributed by atoms with Crippen molar-refractivity contribution in [3.63, 3.8) is 0 Å². The summed E-state index contributed by atoms with van der Waals surface area (Å²) in [6, 6.07) is -0.307. The molecule has 1 heterocycles. The Kier molecular flexibility index (Phi) is 5.04. The Hall–Kier alpha value is -1.68. The molecule has 0 aliphatic carbocycles. The molecule has 1 atom stereocenters. The number of allylic oxidation sites excluding steroid dienone is 2. The van der Waals surface area contributed by atoms with Crippen LogP contribution in [-0.2, 0) is 9.59 Å². The molecule has 2 amide bonds. The van der Waals surface area contributed by atoms with Gasteiger partial charge >= 0.3 is 0 Å². The summed E-state index contributed by atoms with van der Waals surface area (Å²) < 4.78 is 0. The Labute approximate surface area is 108 Å². The van der Waals surface area contributed by atoms with Crippen LogP contribution in [0, 0.1) is 0 Å². The van der Waals surface area contributed by atoms with Crippen LogP contribution in [0.1, 0.15) is 20.8 Å². The summed E-state index contributed by atoms with van der Waals surface area (Å²) in [5.74, 6) is -0.563. The lowest BCUT2D eigenvalue weighted by Gasteiger charge is -2.22. The van der Waals surface area contributed by atoms with Crippen LogP contribution < -0.4 is 5.32 Å². The van der Waals surface area contributed by atoms with E-state index in [4.69, 9.17) is 0 Å². The number of nitrogens with one attached hydrogen (secondary N) is 1. The van der Waals surface area contributed by atoms with Crippen LogP contribution in [0.15, 0.2) is 36.0 Å². The van der Waals surface area contributed by atoms with E-state index in [1.165, 1.54) is 18.1 Å². The topological polar surface area (TPSA) is 49.4 Å². The number of nitrogens with zero attached hydrogens (tertiary/aromatic N) is 1. The van der Waals surface area contributed by atoms with Crippen LogP contribution >= 0.6 is 0 Å². The highest BCUT2D eigenvalue weighted by atomic mass is 16.2. The lowest BCUT2D eigenvalue weighted by molar-refractivity contribution is -0.132. The molecule has 18 heavy (non-hydrogen) atoms. The molecule has 4 heteroatoms. The van der Waals surface area contributed by atoms with E-state index in [2.05, 4.69) is 18.8 Å². The van der Waals surface area contributed by atoms with E-state index in [0.29, 0.717) is 0 Å². The van der Waals surface area contributed by atoms with Gasteiger partial charge in [0.1, 0.15) is 0 Å². The summed E-state index contributed by atoms with van der Waals surface area (Å²) in [6.45, 7) is 10.3. The predicted molar refractivity (Wildman–Crippen MR) is 71.9 cm³/mol. The summed E-state index contributed by atoms with van der Waals surface area (Å²) in [4.78, 5) is 24.6. The second kappa shape index (κ2) is 6.31. The Morgan fingerprint density at radius 3 is 2.67 bits per heavy atom. The van der Waals surface area contributed by atoms with Gasteiger partial charge < -0.3 is 0 Å². The molecule has 0 saturated heterocycles. The number of hydrogen-bond acceptors (Lipinski definition) is 3. The van der Waals surface area contributed by atoms with Gasteiger partial charge in [-0.1, -0.05) is 30.4 Å². The molecule has 1 rings (SSSR count). The fourth-order valence-electron chi connectivity index (χ4n) is 1.91. The van der Waals surface area contributed by atoms with Crippen LogP contribution in [0.3, 0.4) is 0 Å². The highest BCUT2D eigenvalue weighted by Crippen LogP contribution is 2.20. The molecular weight excluding hydrogens is 228 g/mol. The first kappa shape index (κ1) is 14.4. The monoisotopic (exact) mass is 248 g/mol. The number of carbonyl (C=O) groups is 2. The standard InChI is InChI=1S/C14H20N2O2/c1-5-6-7-13-9-16(8-10(13)2)11(3)14(18)15-12(4)17/h5-7,11H,1,8-9H2,2-4H3,(H,15,17,18)/b7-6-. The first-order chi connectivity index (χ1) is 8.45. The second-order valence-electron chi connectivity index (χ2n) is 4.53. The third kappa shape index (κ3) is 3.67. The number of rotatable bonds is 4. The molecule has 0 aromatic carbocycles. The molecule has 0 aromatic heterocycles. The van der Waals surface area contributed by atoms with E-state index < -0.39 is 0 Å². The zero-order chi connectivity index (χ0) is 13.7. The summed E-state index contributed by atoms with van der Waals surface area (Å²) >= 11 is 0. The molecule has 1 aliphatic heterocycles. The fourth-order valence-corrected chi connectivity index (χ4v) is 1.91. The summed E-state index contributed by atoms with van der Waals surface area (Å²) in [6.07, 6.45) is 5.63. The van der Waals surface area contributed by atoms with Gasteiger partial charge in [-0.2, -0.15) is 0 Å². The second-order valence-corrected chi connectivity index (χ2v) is 4.53. The lowest BCUT2D eigenvalue weighted by Crippen LogP contribution is -2.45. The van der Waals surface area contributed by atoms with Crippen molar-refractivity contribution in [2.75, 3.05) is 13.1 Å². The minimum absolute atomic E-state index is 0.246. The number of hydrogen-bond donors (Lipinski definition) is 1. The maximum absolute atomic E-state index is 11.7. The van der Waals surface area contributed by atoms with Gasteiger partial charge in [-0.25, -0.2) is 0 Å². The molecule has 0 saturated carbocycles. The number of amides is 2. The highest BCUT2D eigenvalue weighted by Gasteiger charge is 2.26. The fraction of sp³-hybridized carbons (Fsp3) is 0.429. The maximum Gasteiger partial charge on any atom is 0.243 e. The van der Waals surface area contributed by atoms with Crippen molar-refractivity contribution in [3.8, 4) is 0 Å². The Balaban J connectivity index is 2.63. The van der Waals surface area contributed by atoms with Crippen LogP contribution in [-0.4, -0.2) is 35.8 Å². The van der Waals surface area contributed by atoms with Gasteiger partial charge in [0.05, 0.1) is 6.04 Å². The molecule has 4 nitrogen and oxygen atoms in total. The molecule has 0 aromatic rings. The van der Waals surface area contributed by atoms with Crippen molar-refractivity contribution in [3.05, 3.63) is 36.0 Å². The van der Waals surface area contributed by atoms with E-state index in [1.807, 2.05) is 24.0 Å². The molecule has 0 radical (unpaired) electrons. The van der Waals surface area contributed by atoms with Gasteiger partial charge in [-0.15, -0.1) is 0 Å². The third-order valence-electron chi connectivity index (χ3n) is 3.02. The Bertz CT molecular complexity index is 422. The zero-order valence-corrected chi connectivity index (χ0v) is 11.2. The predicted octanol–water partition coefficient (Wildman–Crippen LogP) is 1.41. The van der Waals surface area contributed by atoms with Gasteiger partial charge in [0.15, 0.2) is 0 Å². The van der Waals surface area contributed by atoms with Gasteiger partial charge in [-0.3, -0.25) is 19.8 Å². The molecule has 1 unspecified atom stereocenters. The quantitative estimate of drug-likeness (QED) is 0.765. The molecule has 1 N–H and O–H groups in total. The smallest absolute Gasteiger partial charge is 0.243 e. The van der Waals surface area contributed by atoms with Crippen molar-refractivity contribution >= 4 is 11.8 Å². The maximum atomic E-state index is 11.7. The van der Waals surface area contributed by atoms with Crippen molar-refractivity contribution in [2.45, 2.75) is 26.8 Å². The van der Waals surface area contributed by atoms with Crippen LogP contribution in [0.2, 0.25) is 0 Å². The van der Waals surface area contributed by atoms with Crippen molar-refractivity contribution < 1.29 is 9.59 Å². The van der Waals surface area contributed by atoms with Crippen LogP contribution in [0.25, 0.3) is 0 Å². The average Bonchev–Trinajstić information content (AvgIpc) is 2.66. The summed E-state index contributed by atoms with van der Waals surface area (Å²) in [5, 5.41) is 2.32. The molecule has 0 bridgehead atoms. The first-order valence-electron chi connectivity index (χ1n) is 5.99. The lowest BCUT2D eigenvalue weighted by atomic mass is 10.2. The Morgan fingerprint density at radius 2 is 2.11 bits per heavy atom. The first-order valence-corrected chi connectivity index (χ1v) is 5.99. The van der Waals surface area contributed by atoms with Crippen LogP contribution in [0.5, 0.6) is 0 Å². The largest absolute Gasteiger partial charge is 0.295 e. The Morgan fingerprint density at radius 1 is 1.44 bits per heavy atom. The molecular formula is C14H20N2O2. The van der Waals surface area contributed by atoms with E-state index in [-0.39, 0.29) is 17.9 Å². The summed E-state index contributed by atoms with van der Waals surface area (Å²) in [5.41, 5.74) is 2.45. The SMILES string of the molecule is C=C/C=C\C1=C(C)CN(C(C)C(=O)NC(C)=O)C1. The van der Waals surface area contributed by atoms with E-state index >= 15 is 0 Å². The van der Waals surface area contributed by atoms with Crippen molar-refractivity contribution in [2.24, 2.45) is 0 Å². The highest BCUT2D eigenvalue weighted by molar-refractivity contribution is 5.96. The van der Waals surface area contributed by atoms with E-state index in [9.17, 15) is 9.59 Å². The minimum Gasteiger partial charge on any atom is -0.295 e. The third-order valence-corrected chi connectivity index (χ3v) is 3.02. The van der Waals surface area contributed by atoms with Gasteiger partial charge in [0.2, 0.25) is 11.8 Å². The van der Waals surface area contributed by atoms with Gasteiger partial charge in [0, 0.05) is 20.0 Å². The number of imide groups is 1. The van der Waals surface area contributed by atoms with E-state index in [1.54, 1.807) is 6.08 Å². The van der Waals surface area contributed by atoms with Gasteiger partial charge in [-0.05, 0) is 19.4 Å². The van der Waals surface area contributed by atoms with E-state index in [0.717, 1.165) is 13.1 Å².